The Hall–Kier alpha value is -3.61. The van der Waals surface area contributed by atoms with Crippen LogP contribution >= 0.6 is 0 Å². The summed E-state index contributed by atoms with van der Waals surface area (Å²) < 4.78 is 16.5. The number of carbonyl (C=O) groups is 1. The quantitative estimate of drug-likeness (QED) is 0.692. The number of rotatable bonds is 7. The van der Waals surface area contributed by atoms with Gasteiger partial charge in [0, 0.05) is 30.7 Å². The summed E-state index contributed by atoms with van der Waals surface area (Å²) >= 11 is 0. The molecule has 0 saturated carbocycles. The Kier molecular flexibility index (Phi) is 5.84. The molecule has 0 radical (unpaired) electrons. The van der Waals surface area contributed by atoms with E-state index in [2.05, 4.69) is 15.3 Å². The van der Waals surface area contributed by atoms with Gasteiger partial charge in [0.05, 0.1) is 19.8 Å². The van der Waals surface area contributed by atoms with Crippen LogP contribution < -0.4 is 19.5 Å². The van der Waals surface area contributed by atoms with Gasteiger partial charge in [0.25, 0.3) is 5.91 Å². The van der Waals surface area contributed by atoms with Crippen LogP contribution in [0, 0.1) is 0 Å². The smallest absolute Gasteiger partial charge is 0.260 e. The van der Waals surface area contributed by atoms with Crippen molar-refractivity contribution < 1.29 is 19.0 Å². The molecular formula is C20H19N3O4. The molecule has 0 fully saturated rings. The van der Waals surface area contributed by atoms with Crippen molar-refractivity contribution in [1.29, 1.82) is 0 Å². The van der Waals surface area contributed by atoms with Gasteiger partial charge < -0.3 is 19.5 Å². The van der Waals surface area contributed by atoms with Gasteiger partial charge in [-0.3, -0.25) is 9.78 Å². The second-order valence-electron chi connectivity index (χ2n) is 5.52. The summed E-state index contributed by atoms with van der Waals surface area (Å²) in [6.07, 6.45) is 4.97. The molecule has 2 heterocycles. The van der Waals surface area contributed by atoms with Crippen LogP contribution in [0.25, 0.3) is 0 Å². The van der Waals surface area contributed by atoms with Gasteiger partial charge in [0.2, 0.25) is 0 Å². The van der Waals surface area contributed by atoms with E-state index in [1.54, 1.807) is 48.9 Å². The molecule has 3 aromatic rings. The van der Waals surface area contributed by atoms with Gasteiger partial charge in [-0.1, -0.05) is 6.07 Å². The lowest BCUT2D eigenvalue weighted by molar-refractivity contribution is 0.102. The van der Waals surface area contributed by atoms with E-state index in [0.29, 0.717) is 28.6 Å². The van der Waals surface area contributed by atoms with Crippen molar-refractivity contribution in [2.24, 2.45) is 0 Å². The molecule has 2 aromatic heterocycles. The number of amides is 1. The minimum Gasteiger partial charge on any atom is -0.493 e. The molecule has 0 bridgehead atoms. The minimum absolute atomic E-state index is 0.280. The van der Waals surface area contributed by atoms with Crippen molar-refractivity contribution in [2.45, 2.75) is 6.61 Å². The van der Waals surface area contributed by atoms with Gasteiger partial charge in [-0.25, -0.2) is 4.98 Å². The van der Waals surface area contributed by atoms with E-state index in [1.165, 1.54) is 14.2 Å². The third kappa shape index (κ3) is 4.52. The molecule has 0 aliphatic heterocycles. The second kappa shape index (κ2) is 8.66. The van der Waals surface area contributed by atoms with Crippen LogP contribution in [0.4, 0.5) is 5.82 Å². The Balaban J connectivity index is 1.90. The van der Waals surface area contributed by atoms with Crippen LogP contribution in [0.5, 0.6) is 17.2 Å². The highest BCUT2D eigenvalue weighted by molar-refractivity contribution is 6.06. The number of benzene rings is 1. The van der Waals surface area contributed by atoms with Gasteiger partial charge in [-0.15, -0.1) is 0 Å². The fourth-order valence-electron chi connectivity index (χ4n) is 2.42. The van der Waals surface area contributed by atoms with Crippen molar-refractivity contribution in [3.8, 4) is 17.2 Å². The number of hydrogen-bond acceptors (Lipinski definition) is 6. The number of hydrogen-bond donors (Lipinski definition) is 1. The van der Waals surface area contributed by atoms with Gasteiger partial charge in [0.1, 0.15) is 18.2 Å². The Morgan fingerprint density at radius 2 is 1.70 bits per heavy atom. The molecule has 1 amide bonds. The number of anilines is 1. The van der Waals surface area contributed by atoms with Gasteiger partial charge >= 0.3 is 0 Å². The second-order valence-corrected chi connectivity index (χ2v) is 5.52. The summed E-state index contributed by atoms with van der Waals surface area (Å²) in [7, 11) is 3.04. The Morgan fingerprint density at radius 1 is 0.963 bits per heavy atom. The summed E-state index contributed by atoms with van der Waals surface area (Å²) in [5.41, 5.74) is 1.24. The first-order valence-corrected chi connectivity index (χ1v) is 8.21. The molecule has 0 atom stereocenters. The van der Waals surface area contributed by atoms with Crippen molar-refractivity contribution in [3.63, 3.8) is 0 Å². The summed E-state index contributed by atoms with van der Waals surface area (Å²) in [4.78, 5) is 20.9. The van der Waals surface area contributed by atoms with E-state index < -0.39 is 0 Å². The predicted molar refractivity (Wildman–Crippen MR) is 100 cm³/mol. The van der Waals surface area contributed by atoms with Gasteiger partial charge in [-0.2, -0.15) is 0 Å². The Morgan fingerprint density at radius 3 is 2.37 bits per heavy atom. The number of carbonyl (C=O) groups excluding carboxylic acids is 1. The standard InChI is InChI=1S/C20H19N3O4/c1-25-17-11-15(20(24)23-19-5-3-4-8-22-19)16(12-18(17)26-2)27-13-14-6-9-21-10-7-14/h3-12H,13H2,1-2H3,(H,22,23,24). The largest absolute Gasteiger partial charge is 0.493 e. The molecule has 1 aromatic carbocycles. The summed E-state index contributed by atoms with van der Waals surface area (Å²) in [5, 5.41) is 2.75. The zero-order chi connectivity index (χ0) is 19.1. The van der Waals surface area contributed by atoms with Gasteiger partial charge in [0.15, 0.2) is 11.5 Å². The lowest BCUT2D eigenvalue weighted by atomic mass is 10.1. The molecule has 7 nitrogen and oxygen atoms in total. The maximum atomic E-state index is 12.8. The van der Waals surface area contributed by atoms with Crippen LogP contribution in [0.2, 0.25) is 0 Å². The number of ether oxygens (including phenoxy) is 3. The van der Waals surface area contributed by atoms with E-state index in [0.717, 1.165) is 5.56 Å². The highest BCUT2D eigenvalue weighted by Crippen LogP contribution is 2.35. The topological polar surface area (TPSA) is 82.6 Å². The van der Waals surface area contributed by atoms with Gasteiger partial charge in [-0.05, 0) is 29.8 Å². The molecule has 138 valence electrons. The van der Waals surface area contributed by atoms with Crippen molar-refractivity contribution in [2.75, 3.05) is 19.5 Å². The molecule has 0 aliphatic carbocycles. The van der Waals surface area contributed by atoms with Crippen LogP contribution in [0.15, 0.2) is 61.1 Å². The normalized spacial score (nSPS) is 10.1. The van der Waals surface area contributed by atoms with Crippen molar-refractivity contribution in [1.82, 2.24) is 9.97 Å². The molecule has 0 spiro atoms. The third-order valence-electron chi connectivity index (χ3n) is 3.78. The minimum atomic E-state index is -0.362. The van der Waals surface area contributed by atoms with Crippen molar-refractivity contribution >= 4 is 11.7 Å². The molecule has 0 aliphatic rings. The van der Waals surface area contributed by atoms with Crippen molar-refractivity contribution in [3.05, 3.63) is 72.2 Å². The fraction of sp³-hybridized carbons (Fsp3) is 0.150. The molecule has 7 heteroatoms. The molecule has 27 heavy (non-hydrogen) atoms. The van der Waals surface area contributed by atoms with Crippen LogP contribution in [-0.2, 0) is 6.61 Å². The van der Waals surface area contributed by atoms with Crippen LogP contribution in [0.1, 0.15) is 15.9 Å². The fourth-order valence-corrected chi connectivity index (χ4v) is 2.42. The third-order valence-corrected chi connectivity index (χ3v) is 3.78. The first kappa shape index (κ1) is 18.2. The van der Waals surface area contributed by atoms with E-state index in [-0.39, 0.29) is 12.5 Å². The SMILES string of the molecule is COc1cc(OCc2ccncc2)c(C(=O)Nc2ccccn2)cc1OC. The first-order valence-electron chi connectivity index (χ1n) is 8.21. The zero-order valence-electron chi connectivity index (χ0n) is 15.0. The maximum absolute atomic E-state index is 12.8. The Labute approximate surface area is 156 Å². The molecule has 1 N–H and O–H groups in total. The zero-order valence-corrected chi connectivity index (χ0v) is 15.0. The molecule has 0 unspecified atom stereocenters. The lowest BCUT2D eigenvalue weighted by Crippen LogP contribution is -2.15. The predicted octanol–water partition coefficient (Wildman–Crippen LogP) is 3.33. The number of pyridine rings is 2. The van der Waals surface area contributed by atoms with E-state index in [9.17, 15) is 4.79 Å². The highest BCUT2D eigenvalue weighted by Gasteiger charge is 2.19. The van der Waals surface area contributed by atoms with E-state index in [4.69, 9.17) is 14.2 Å². The average molecular weight is 365 g/mol. The van der Waals surface area contributed by atoms with Crippen LogP contribution in [0.3, 0.4) is 0 Å². The number of aromatic nitrogens is 2. The number of nitrogens with one attached hydrogen (secondary N) is 1. The number of nitrogens with zero attached hydrogens (tertiary/aromatic N) is 2. The highest BCUT2D eigenvalue weighted by atomic mass is 16.5. The maximum Gasteiger partial charge on any atom is 0.260 e. The van der Waals surface area contributed by atoms with Crippen LogP contribution in [-0.4, -0.2) is 30.1 Å². The lowest BCUT2D eigenvalue weighted by Gasteiger charge is -2.15. The Bertz CT molecular complexity index is 902. The summed E-state index contributed by atoms with van der Waals surface area (Å²) in [6, 6.07) is 12.2. The van der Waals surface area contributed by atoms with E-state index in [1.807, 2.05) is 12.1 Å². The average Bonchev–Trinajstić information content (AvgIpc) is 2.73. The summed E-state index contributed by atoms with van der Waals surface area (Å²) in [6.45, 7) is 0.280. The molecule has 0 saturated heterocycles. The monoisotopic (exact) mass is 365 g/mol. The van der Waals surface area contributed by atoms with E-state index >= 15 is 0 Å². The first-order chi connectivity index (χ1) is 13.2. The molecular weight excluding hydrogens is 346 g/mol. The number of methoxy groups -OCH3 is 2. The molecule has 3 rings (SSSR count). The summed E-state index contributed by atoms with van der Waals surface area (Å²) in [5.74, 6) is 1.35.